The zero-order valence-electron chi connectivity index (χ0n) is 16.3. The molecule has 1 aliphatic heterocycles. The van der Waals surface area contributed by atoms with Crippen molar-refractivity contribution in [1.29, 1.82) is 0 Å². The normalized spacial score (nSPS) is 14.9. The maximum atomic E-state index is 13.2. The summed E-state index contributed by atoms with van der Waals surface area (Å²) in [6.07, 6.45) is 3.34. The summed E-state index contributed by atoms with van der Waals surface area (Å²) in [5, 5.41) is 4.93. The first-order valence-corrected chi connectivity index (χ1v) is 10.2. The van der Waals surface area contributed by atoms with Crippen molar-refractivity contribution in [2.75, 3.05) is 0 Å². The third-order valence-electron chi connectivity index (χ3n) is 4.44. The molecular formula is C24H17ClN4OS. The fourth-order valence-electron chi connectivity index (χ4n) is 2.95. The Bertz CT molecular complexity index is 1190. The van der Waals surface area contributed by atoms with Gasteiger partial charge in [0.05, 0.1) is 6.21 Å². The highest BCUT2D eigenvalue weighted by Crippen LogP contribution is 2.23. The molecule has 0 saturated carbocycles. The number of hydrazone groups is 1. The summed E-state index contributed by atoms with van der Waals surface area (Å²) in [6.45, 7) is 0. The number of amides is 1. The van der Waals surface area contributed by atoms with Gasteiger partial charge >= 0.3 is 0 Å². The fourth-order valence-corrected chi connectivity index (χ4v) is 3.30. The SMILES string of the molecule is O=C1/C(=C\c2ccc(Cl)cc2)N=C(c2ccccc2)N1C(=S)N/N=C/c1ccccc1. The van der Waals surface area contributed by atoms with Crippen molar-refractivity contribution in [2.45, 2.75) is 0 Å². The highest BCUT2D eigenvalue weighted by Gasteiger charge is 2.34. The van der Waals surface area contributed by atoms with Gasteiger partial charge in [0, 0.05) is 10.6 Å². The van der Waals surface area contributed by atoms with Crippen LogP contribution in [-0.2, 0) is 4.79 Å². The van der Waals surface area contributed by atoms with E-state index >= 15 is 0 Å². The van der Waals surface area contributed by atoms with Gasteiger partial charge in [0.15, 0.2) is 0 Å². The second-order valence-electron chi connectivity index (χ2n) is 6.61. The number of rotatable bonds is 4. The Hall–Kier alpha value is -3.61. The van der Waals surface area contributed by atoms with E-state index in [1.165, 1.54) is 4.90 Å². The highest BCUT2D eigenvalue weighted by atomic mass is 35.5. The van der Waals surface area contributed by atoms with Crippen molar-refractivity contribution in [3.05, 3.63) is 112 Å². The molecule has 0 radical (unpaired) electrons. The van der Waals surface area contributed by atoms with Gasteiger partial charge in [0.25, 0.3) is 5.91 Å². The molecule has 7 heteroatoms. The Balaban J connectivity index is 1.62. The van der Waals surface area contributed by atoms with E-state index < -0.39 is 0 Å². The smallest absolute Gasteiger partial charge is 0.266 e. The van der Waals surface area contributed by atoms with E-state index in [-0.39, 0.29) is 16.7 Å². The Morgan fingerprint density at radius 1 is 0.935 bits per heavy atom. The standard InChI is InChI=1S/C24H17ClN4OS/c25-20-13-11-17(12-14-20)15-21-23(30)29(22(27-21)19-9-5-2-6-10-19)24(31)28-26-16-18-7-3-1-4-8-18/h1-16H,(H,28,31)/b21-15+,26-16+. The van der Waals surface area contributed by atoms with Crippen LogP contribution in [0.2, 0.25) is 5.02 Å². The third-order valence-corrected chi connectivity index (χ3v) is 4.97. The molecule has 0 saturated heterocycles. The Labute approximate surface area is 190 Å². The van der Waals surface area contributed by atoms with Crippen LogP contribution in [0.15, 0.2) is 101 Å². The summed E-state index contributed by atoms with van der Waals surface area (Å²) in [4.78, 5) is 19.1. The molecule has 0 unspecified atom stereocenters. The van der Waals surface area contributed by atoms with E-state index in [1.807, 2.05) is 72.8 Å². The van der Waals surface area contributed by atoms with Gasteiger partial charge in [0.1, 0.15) is 11.5 Å². The van der Waals surface area contributed by atoms with E-state index in [0.29, 0.717) is 10.9 Å². The molecule has 1 amide bonds. The van der Waals surface area contributed by atoms with E-state index in [1.54, 1.807) is 24.4 Å². The first-order chi connectivity index (χ1) is 15.1. The molecule has 1 heterocycles. The number of carbonyl (C=O) groups excluding carboxylic acids is 1. The summed E-state index contributed by atoms with van der Waals surface area (Å²) in [6, 6.07) is 26.2. The van der Waals surface area contributed by atoms with Gasteiger partial charge in [-0.1, -0.05) is 84.4 Å². The molecular weight excluding hydrogens is 428 g/mol. The van der Waals surface area contributed by atoms with E-state index in [2.05, 4.69) is 15.5 Å². The average molecular weight is 445 g/mol. The van der Waals surface area contributed by atoms with Crippen LogP contribution in [0, 0.1) is 0 Å². The van der Waals surface area contributed by atoms with Crippen LogP contribution >= 0.6 is 23.8 Å². The van der Waals surface area contributed by atoms with Crippen molar-refractivity contribution in [2.24, 2.45) is 10.1 Å². The van der Waals surface area contributed by atoms with Crippen LogP contribution < -0.4 is 5.43 Å². The third kappa shape index (κ3) is 4.94. The predicted octanol–water partition coefficient (Wildman–Crippen LogP) is 4.88. The molecule has 31 heavy (non-hydrogen) atoms. The lowest BCUT2D eigenvalue weighted by Gasteiger charge is -2.18. The van der Waals surface area contributed by atoms with Crippen molar-refractivity contribution in [1.82, 2.24) is 10.3 Å². The van der Waals surface area contributed by atoms with Crippen molar-refractivity contribution in [3.63, 3.8) is 0 Å². The number of hydrogen-bond acceptors (Lipinski definition) is 4. The lowest BCUT2D eigenvalue weighted by molar-refractivity contribution is -0.120. The topological polar surface area (TPSA) is 57.1 Å². The van der Waals surface area contributed by atoms with Crippen LogP contribution in [0.5, 0.6) is 0 Å². The van der Waals surface area contributed by atoms with Gasteiger partial charge in [-0.3, -0.25) is 10.2 Å². The summed E-state index contributed by atoms with van der Waals surface area (Å²) in [5.41, 5.74) is 5.54. The first-order valence-electron chi connectivity index (χ1n) is 9.46. The maximum Gasteiger partial charge on any atom is 0.284 e. The number of benzene rings is 3. The van der Waals surface area contributed by atoms with Crippen LogP contribution in [0.3, 0.4) is 0 Å². The largest absolute Gasteiger partial charge is 0.284 e. The number of nitrogens with one attached hydrogen (secondary N) is 1. The molecule has 4 rings (SSSR count). The maximum absolute atomic E-state index is 13.2. The molecule has 0 atom stereocenters. The van der Waals surface area contributed by atoms with Gasteiger partial charge in [0.2, 0.25) is 5.11 Å². The molecule has 0 aromatic heterocycles. The van der Waals surface area contributed by atoms with E-state index in [0.717, 1.165) is 16.7 Å². The molecule has 1 N–H and O–H groups in total. The van der Waals surface area contributed by atoms with Crippen LogP contribution in [-0.4, -0.2) is 28.0 Å². The van der Waals surface area contributed by atoms with Gasteiger partial charge in [-0.2, -0.15) is 5.10 Å². The number of nitrogens with zero attached hydrogens (tertiary/aromatic N) is 3. The monoisotopic (exact) mass is 444 g/mol. The van der Waals surface area contributed by atoms with Crippen molar-refractivity contribution in [3.8, 4) is 0 Å². The number of aliphatic imine (C=N–C) groups is 1. The van der Waals surface area contributed by atoms with Crippen molar-refractivity contribution < 1.29 is 4.79 Å². The molecule has 5 nitrogen and oxygen atoms in total. The summed E-state index contributed by atoms with van der Waals surface area (Å²) < 4.78 is 0. The highest BCUT2D eigenvalue weighted by molar-refractivity contribution is 7.80. The number of hydrogen-bond donors (Lipinski definition) is 1. The zero-order chi connectivity index (χ0) is 21.6. The molecule has 0 fully saturated rings. The fraction of sp³-hybridized carbons (Fsp3) is 0. The Kier molecular flexibility index (Phi) is 6.31. The molecule has 152 valence electrons. The van der Waals surface area contributed by atoms with Gasteiger partial charge < -0.3 is 0 Å². The minimum absolute atomic E-state index is 0.138. The summed E-state index contributed by atoms with van der Waals surface area (Å²) in [7, 11) is 0. The van der Waals surface area contributed by atoms with Crippen LogP contribution in [0.1, 0.15) is 16.7 Å². The summed E-state index contributed by atoms with van der Waals surface area (Å²) >= 11 is 11.4. The minimum atomic E-state index is -0.332. The number of carbonyl (C=O) groups is 1. The molecule has 3 aromatic rings. The number of thiocarbonyl (C=S) groups is 1. The Morgan fingerprint density at radius 2 is 1.58 bits per heavy atom. The molecule has 0 bridgehead atoms. The number of amidine groups is 1. The average Bonchev–Trinajstić information content (AvgIpc) is 3.12. The number of halogens is 1. The predicted molar refractivity (Wildman–Crippen MR) is 129 cm³/mol. The molecule has 0 spiro atoms. The summed E-state index contributed by atoms with van der Waals surface area (Å²) in [5.74, 6) is 0.111. The molecule has 1 aliphatic rings. The first kappa shape index (κ1) is 20.7. The molecule has 3 aromatic carbocycles. The van der Waals surface area contributed by atoms with Crippen molar-refractivity contribution >= 4 is 53.0 Å². The van der Waals surface area contributed by atoms with Gasteiger partial charge in [-0.15, -0.1) is 0 Å². The lowest BCUT2D eigenvalue weighted by Crippen LogP contribution is -2.43. The Morgan fingerprint density at radius 3 is 2.26 bits per heavy atom. The van der Waals surface area contributed by atoms with E-state index in [4.69, 9.17) is 23.8 Å². The van der Waals surface area contributed by atoms with Crippen LogP contribution in [0.25, 0.3) is 6.08 Å². The van der Waals surface area contributed by atoms with E-state index in [9.17, 15) is 4.79 Å². The van der Waals surface area contributed by atoms with Crippen LogP contribution in [0.4, 0.5) is 0 Å². The second kappa shape index (κ2) is 9.47. The zero-order valence-corrected chi connectivity index (χ0v) is 17.8. The quantitative estimate of drug-likeness (QED) is 0.270. The van der Waals surface area contributed by atoms with Gasteiger partial charge in [-0.05, 0) is 41.6 Å². The lowest BCUT2D eigenvalue weighted by atomic mass is 10.2. The van der Waals surface area contributed by atoms with Gasteiger partial charge in [-0.25, -0.2) is 9.89 Å². The second-order valence-corrected chi connectivity index (χ2v) is 7.43. The molecule has 0 aliphatic carbocycles. The minimum Gasteiger partial charge on any atom is -0.266 e.